The van der Waals surface area contributed by atoms with Crippen LogP contribution in [0.15, 0.2) is 16.8 Å². The Labute approximate surface area is 73.5 Å². The smallest absolute Gasteiger partial charge is 0.0497 e. The summed E-state index contributed by atoms with van der Waals surface area (Å²) in [5, 5.41) is 3.61. The molecule has 0 saturated heterocycles. The predicted molar refractivity (Wildman–Crippen MR) is 50.8 cm³/mol. The van der Waals surface area contributed by atoms with Crippen molar-refractivity contribution in [2.24, 2.45) is 28.2 Å². The summed E-state index contributed by atoms with van der Waals surface area (Å²) in [6.45, 7) is 4.70. The molecule has 3 rings (SSSR count). The van der Waals surface area contributed by atoms with Crippen LogP contribution in [0.25, 0.3) is 0 Å². The summed E-state index contributed by atoms with van der Waals surface area (Å²) < 4.78 is 0. The summed E-state index contributed by atoms with van der Waals surface area (Å²) in [5.41, 5.74) is 1.84. The maximum absolute atomic E-state index is 5.16. The van der Waals surface area contributed by atoms with Crippen molar-refractivity contribution in [2.45, 2.75) is 26.7 Å². The molecule has 0 amide bonds. The highest BCUT2D eigenvalue weighted by Gasteiger charge is 2.50. The number of hydrogen-bond acceptors (Lipinski definition) is 2. The molecule has 12 heavy (non-hydrogen) atoms. The second-order valence-corrected chi connectivity index (χ2v) is 4.52. The van der Waals surface area contributed by atoms with Crippen molar-refractivity contribution in [3.63, 3.8) is 0 Å². The van der Waals surface area contributed by atoms with Crippen molar-refractivity contribution in [2.75, 3.05) is 0 Å². The van der Waals surface area contributed by atoms with Gasteiger partial charge in [-0.15, -0.1) is 0 Å². The van der Waals surface area contributed by atoms with Crippen LogP contribution in [-0.4, -0.2) is 6.21 Å². The predicted octanol–water partition coefficient (Wildman–Crippen LogP) is 1.92. The molecule has 2 nitrogen and oxygen atoms in total. The zero-order valence-corrected chi connectivity index (χ0v) is 7.75. The fourth-order valence-electron chi connectivity index (χ4n) is 2.63. The van der Waals surface area contributed by atoms with Gasteiger partial charge in [-0.2, -0.15) is 5.10 Å². The van der Waals surface area contributed by atoms with Gasteiger partial charge in [0.25, 0.3) is 0 Å². The largest absolute Gasteiger partial charge is 0.323 e. The number of nitrogens with two attached hydrogens (primary N) is 1. The van der Waals surface area contributed by atoms with Gasteiger partial charge in [-0.05, 0) is 35.7 Å². The van der Waals surface area contributed by atoms with Crippen LogP contribution in [-0.2, 0) is 0 Å². The van der Waals surface area contributed by atoms with Gasteiger partial charge in [-0.25, -0.2) is 0 Å². The van der Waals surface area contributed by atoms with Crippen LogP contribution in [0, 0.1) is 17.3 Å². The van der Waals surface area contributed by atoms with Crippen LogP contribution in [0.3, 0.4) is 0 Å². The lowest BCUT2D eigenvalue weighted by Gasteiger charge is -2.55. The van der Waals surface area contributed by atoms with Crippen molar-refractivity contribution in [3.8, 4) is 0 Å². The van der Waals surface area contributed by atoms with Crippen molar-refractivity contribution in [1.29, 1.82) is 0 Å². The first kappa shape index (κ1) is 7.84. The minimum Gasteiger partial charge on any atom is -0.323 e. The number of hydrazone groups is 1. The maximum Gasteiger partial charge on any atom is 0.0497 e. The Bertz CT molecular complexity index is 251. The van der Waals surface area contributed by atoms with Gasteiger partial charge < -0.3 is 5.84 Å². The van der Waals surface area contributed by atoms with Crippen LogP contribution < -0.4 is 5.84 Å². The Hall–Kier alpha value is -0.790. The molecule has 3 aliphatic carbocycles. The zero-order valence-electron chi connectivity index (χ0n) is 7.75. The Morgan fingerprint density at radius 3 is 2.92 bits per heavy atom. The van der Waals surface area contributed by atoms with Gasteiger partial charge in [0.2, 0.25) is 0 Å². The minimum atomic E-state index is 0.491. The molecule has 0 aromatic rings. The number of nitrogens with zero attached hydrogens (tertiary/aromatic N) is 1. The molecule has 3 aliphatic rings. The molecule has 1 saturated carbocycles. The van der Waals surface area contributed by atoms with Gasteiger partial charge in [-0.1, -0.05) is 19.9 Å². The van der Waals surface area contributed by atoms with E-state index in [1.54, 1.807) is 0 Å². The Kier molecular flexibility index (Phi) is 1.53. The van der Waals surface area contributed by atoms with Gasteiger partial charge in [-0.3, -0.25) is 0 Å². The van der Waals surface area contributed by atoms with Gasteiger partial charge in [0.05, 0.1) is 0 Å². The second kappa shape index (κ2) is 2.35. The van der Waals surface area contributed by atoms with E-state index in [4.69, 9.17) is 5.84 Å². The molecule has 66 valence electrons. The first-order valence-electron chi connectivity index (χ1n) is 4.59. The number of hydrogen-bond donors (Lipinski definition) is 1. The molecular formula is C10H16N2. The van der Waals surface area contributed by atoms with Crippen LogP contribution in [0.4, 0.5) is 0 Å². The van der Waals surface area contributed by atoms with Gasteiger partial charge in [0.1, 0.15) is 0 Å². The quantitative estimate of drug-likeness (QED) is 0.359. The molecule has 0 radical (unpaired) electrons. The minimum absolute atomic E-state index is 0.491. The highest BCUT2D eigenvalue weighted by atomic mass is 15.1. The highest BCUT2D eigenvalue weighted by Crippen LogP contribution is 2.58. The molecule has 2 N–H and O–H groups in total. The summed E-state index contributed by atoms with van der Waals surface area (Å²) in [7, 11) is 0. The standard InChI is InChI=1S/C10H16N2/c1-10(2)8-4-3-7(6-12-11)9(10)5-8/h3,6,8-9H,4-5,11H2,1-2H3/b12-6+. The molecule has 0 heterocycles. The van der Waals surface area contributed by atoms with Gasteiger partial charge in [0.15, 0.2) is 0 Å². The van der Waals surface area contributed by atoms with Crippen molar-refractivity contribution in [3.05, 3.63) is 11.6 Å². The molecule has 2 atom stereocenters. The van der Waals surface area contributed by atoms with E-state index in [1.807, 2.05) is 6.21 Å². The molecule has 1 fully saturated rings. The molecule has 2 bridgehead atoms. The number of allylic oxidation sites excluding steroid dienone is 2. The summed E-state index contributed by atoms with van der Waals surface area (Å²) >= 11 is 0. The summed E-state index contributed by atoms with van der Waals surface area (Å²) in [5.74, 6) is 6.77. The molecule has 0 spiro atoms. The first-order chi connectivity index (χ1) is 5.66. The average molecular weight is 164 g/mol. The molecule has 2 unspecified atom stereocenters. The monoisotopic (exact) mass is 164 g/mol. The first-order valence-corrected chi connectivity index (χ1v) is 4.59. The normalized spacial score (nSPS) is 37.7. The van der Waals surface area contributed by atoms with Gasteiger partial charge in [0, 0.05) is 6.21 Å². The van der Waals surface area contributed by atoms with Crippen LogP contribution >= 0.6 is 0 Å². The molecule has 2 heteroatoms. The van der Waals surface area contributed by atoms with Crippen molar-refractivity contribution < 1.29 is 0 Å². The fourth-order valence-corrected chi connectivity index (χ4v) is 2.63. The van der Waals surface area contributed by atoms with E-state index in [1.165, 1.54) is 18.4 Å². The molecule has 0 aromatic carbocycles. The van der Waals surface area contributed by atoms with Crippen molar-refractivity contribution >= 4 is 6.21 Å². The van der Waals surface area contributed by atoms with E-state index in [-0.39, 0.29) is 0 Å². The Morgan fingerprint density at radius 1 is 1.67 bits per heavy atom. The van der Waals surface area contributed by atoms with Gasteiger partial charge >= 0.3 is 0 Å². The van der Waals surface area contributed by atoms with Crippen LogP contribution in [0.2, 0.25) is 0 Å². The zero-order chi connectivity index (χ0) is 8.77. The SMILES string of the molecule is CC1(C)C2CC=C(/C=N/N)C1C2. The fraction of sp³-hybridized carbons (Fsp3) is 0.700. The third kappa shape index (κ3) is 0.838. The summed E-state index contributed by atoms with van der Waals surface area (Å²) in [6.07, 6.45) is 6.66. The third-order valence-corrected chi connectivity index (χ3v) is 3.73. The van der Waals surface area contributed by atoms with E-state index < -0.39 is 0 Å². The maximum atomic E-state index is 5.16. The summed E-state index contributed by atoms with van der Waals surface area (Å²) in [4.78, 5) is 0. The van der Waals surface area contributed by atoms with Crippen LogP contribution in [0.5, 0.6) is 0 Å². The lowest BCUT2D eigenvalue weighted by molar-refractivity contribution is -0.00125. The third-order valence-electron chi connectivity index (χ3n) is 3.73. The van der Waals surface area contributed by atoms with E-state index in [9.17, 15) is 0 Å². The lowest BCUT2D eigenvalue weighted by atomic mass is 9.49. The molecule has 0 aromatic heterocycles. The average Bonchev–Trinajstić information content (AvgIpc) is 2.05. The molecule has 0 aliphatic heterocycles. The lowest BCUT2D eigenvalue weighted by Crippen LogP contribution is -2.48. The van der Waals surface area contributed by atoms with E-state index in [2.05, 4.69) is 25.0 Å². The Morgan fingerprint density at radius 2 is 2.42 bits per heavy atom. The Balaban J connectivity index is 2.23. The topological polar surface area (TPSA) is 38.4 Å². The highest BCUT2D eigenvalue weighted by molar-refractivity contribution is 5.80. The van der Waals surface area contributed by atoms with Crippen molar-refractivity contribution in [1.82, 2.24) is 0 Å². The molecular weight excluding hydrogens is 148 g/mol. The van der Waals surface area contributed by atoms with Crippen LogP contribution in [0.1, 0.15) is 26.7 Å². The summed E-state index contributed by atoms with van der Waals surface area (Å²) in [6, 6.07) is 0. The van der Waals surface area contributed by atoms with E-state index in [0.29, 0.717) is 11.3 Å². The number of fused-ring (bicyclic) bond motifs is 1. The number of rotatable bonds is 1. The second-order valence-electron chi connectivity index (χ2n) is 4.52. The van der Waals surface area contributed by atoms with E-state index in [0.717, 1.165) is 5.92 Å². The van der Waals surface area contributed by atoms with E-state index >= 15 is 0 Å².